The maximum Gasteiger partial charge on any atom is 0.407 e. The molecule has 3 N–H and O–H groups in total. The van der Waals surface area contributed by atoms with E-state index in [-0.39, 0.29) is 29.8 Å². The summed E-state index contributed by atoms with van der Waals surface area (Å²) in [5.74, 6) is 3.23. The van der Waals surface area contributed by atoms with E-state index in [1.54, 1.807) is 0 Å². The van der Waals surface area contributed by atoms with E-state index < -0.39 is 12.1 Å². The van der Waals surface area contributed by atoms with Crippen LogP contribution in [0.1, 0.15) is 126 Å². The number of alkyl carbamates (subject to hydrolysis) is 1. The van der Waals surface area contributed by atoms with Gasteiger partial charge in [0.05, 0.1) is 47.9 Å². The molecule has 53 heavy (non-hydrogen) atoms. The minimum atomic E-state index is -0.669. The van der Waals surface area contributed by atoms with Crippen molar-refractivity contribution in [2.75, 3.05) is 20.2 Å². The van der Waals surface area contributed by atoms with Gasteiger partial charge in [0.1, 0.15) is 17.7 Å². The molecule has 3 amide bonds. The lowest BCUT2D eigenvalue weighted by Crippen LogP contribution is -2.51. The van der Waals surface area contributed by atoms with Gasteiger partial charge in [-0.1, -0.05) is 52.0 Å². The number of ether oxygens (including phenoxy) is 1. The van der Waals surface area contributed by atoms with Crippen LogP contribution in [-0.2, 0) is 14.3 Å². The van der Waals surface area contributed by atoms with Gasteiger partial charge in [-0.3, -0.25) is 9.59 Å². The SMILES string of the molecule is COC(=O)NC(C(=O)N1CCCC1c1ncc(-c2ccc(-c3sc(-c4cnc(C5CCCN5C(=O)CC(C)C)[nH]4)c4c3C3CCC4C3)cc2)[nH]1)C(C)C. The fourth-order valence-electron chi connectivity index (χ4n) is 9.27. The molecule has 3 fully saturated rings. The van der Waals surface area contributed by atoms with E-state index in [1.165, 1.54) is 52.8 Å². The number of amides is 3. The minimum absolute atomic E-state index is 0.0206. The number of nitrogens with one attached hydrogen (secondary N) is 3. The molecule has 280 valence electrons. The van der Waals surface area contributed by atoms with Gasteiger partial charge in [0.25, 0.3) is 0 Å². The predicted octanol–water partition coefficient (Wildman–Crippen LogP) is 8.31. The first-order chi connectivity index (χ1) is 25.6. The quantitative estimate of drug-likeness (QED) is 0.150. The van der Waals surface area contributed by atoms with E-state index in [1.807, 2.05) is 47.4 Å². The Morgan fingerprint density at radius 1 is 0.830 bits per heavy atom. The number of hydrogen-bond acceptors (Lipinski definition) is 7. The van der Waals surface area contributed by atoms with E-state index in [2.05, 4.69) is 53.4 Å². The Labute approximate surface area is 315 Å². The highest BCUT2D eigenvalue weighted by atomic mass is 32.1. The molecule has 0 spiro atoms. The lowest BCUT2D eigenvalue weighted by Gasteiger charge is -2.30. The summed E-state index contributed by atoms with van der Waals surface area (Å²) in [7, 11) is 1.31. The number of H-pyrrole nitrogens is 2. The van der Waals surface area contributed by atoms with Crippen molar-refractivity contribution >= 4 is 29.2 Å². The second-order valence-corrected chi connectivity index (χ2v) is 17.1. The molecule has 0 radical (unpaired) electrons. The average molecular weight is 738 g/mol. The van der Waals surface area contributed by atoms with Crippen molar-refractivity contribution in [1.82, 2.24) is 35.1 Å². The lowest BCUT2D eigenvalue weighted by molar-refractivity contribution is -0.135. The van der Waals surface area contributed by atoms with E-state index in [0.29, 0.717) is 30.7 Å². The first-order valence-electron chi connectivity index (χ1n) is 19.4. The third-order valence-corrected chi connectivity index (χ3v) is 13.1. The smallest absolute Gasteiger partial charge is 0.407 e. The molecule has 11 nitrogen and oxygen atoms in total. The molecule has 1 saturated carbocycles. The number of thiophene rings is 1. The summed E-state index contributed by atoms with van der Waals surface area (Å²) in [5.41, 5.74) is 7.28. The largest absolute Gasteiger partial charge is 0.453 e. The fourth-order valence-corrected chi connectivity index (χ4v) is 10.7. The van der Waals surface area contributed by atoms with Crippen molar-refractivity contribution < 1.29 is 19.1 Å². The number of hydrogen-bond donors (Lipinski definition) is 3. The van der Waals surface area contributed by atoms with Crippen LogP contribution in [0, 0.1) is 11.8 Å². The Morgan fingerprint density at radius 2 is 1.42 bits per heavy atom. The second kappa shape index (κ2) is 14.4. The van der Waals surface area contributed by atoms with E-state index in [0.717, 1.165) is 60.8 Å². The molecular weight excluding hydrogens is 687 g/mol. The zero-order chi connectivity index (χ0) is 37.0. The number of imidazole rings is 2. The summed E-state index contributed by atoms with van der Waals surface area (Å²) in [6.45, 7) is 9.47. The number of carbonyl (C=O) groups excluding carboxylic acids is 3. The summed E-state index contributed by atoms with van der Waals surface area (Å²) in [4.78, 5) is 62.0. The van der Waals surface area contributed by atoms with Crippen LogP contribution in [0.5, 0.6) is 0 Å². The summed E-state index contributed by atoms with van der Waals surface area (Å²) in [6.07, 6.45) is 11.2. The third kappa shape index (κ3) is 6.57. The standard InChI is InChI=1S/C41H51N7O4S/c1-22(2)18-32(49)47-16-6-8-30(47)38-43-21-29(45-38)37-34-27-15-14-26(19-27)33(34)36(53-37)25-12-10-24(11-13-25)28-20-42-39(44-28)31-9-7-17-48(31)40(50)35(23(3)4)46-41(51)52-5/h10-13,20-23,26-27,30-31,35H,6-9,14-19H2,1-5H3,(H,42,44)(H,43,45)(H,46,51). The molecule has 4 aliphatic rings. The number of aromatic nitrogens is 4. The normalized spacial score (nSPS) is 22.6. The number of carbonyl (C=O) groups is 3. The molecule has 5 heterocycles. The molecule has 1 aromatic carbocycles. The van der Waals surface area contributed by atoms with Gasteiger partial charge in [0.15, 0.2) is 0 Å². The molecular formula is C41H51N7O4S. The Morgan fingerprint density at radius 3 is 2.06 bits per heavy atom. The van der Waals surface area contributed by atoms with Crippen molar-refractivity contribution in [2.45, 2.75) is 109 Å². The molecule has 2 aliphatic carbocycles. The molecule has 2 aliphatic heterocycles. The maximum atomic E-state index is 13.6. The lowest BCUT2D eigenvalue weighted by atomic mass is 9.90. The molecule has 12 heteroatoms. The van der Waals surface area contributed by atoms with E-state index in [4.69, 9.17) is 14.7 Å². The van der Waals surface area contributed by atoms with Gasteiger partial charge in [0.2, 0.25) is 11.8 Å². The molecule has 2 saturated heterocycles. The van der Waals surface area contributed by atoms with E-state index >= 15 is 0 Å². The van der Waals surface area contributed by atoms with Crippen molar-refractivity contribution in [3.05, 3.63) is 59.4 Å². The van der Waals surface area contributed by atoms with Gasteiger partial charge in [-0.2, -0.15) is 0 Å². The molecule has 8 rings (SSSR count). The predicted molar refractivity (Wildman–Crippen MR) is 205 cm³/mol. The first kappa shape index (κ1) is 35.6. The highest BCUT2D eigenvalue weighted by Gasteiger charge is 2.43. The van der Waals surface area contributed by atoms with Crippen LogP contribution in [-0.4, -0.2) is 73.9 Å². The zero-order valence-electron chi connectivity index (χ0n) is 31.4. The van der Waals surface area contributed by atoms with Crippen LogP contribution >= 0.6 is 11.3 Å². The Bertz CT molecular complexity index is 1990. The number of methoxy groups -OCH3 is 1. The number of aromatic amines is 2. The van der Waals surface area contributed by atoms with Crippen molar-refractivity contribution in [3.63, 3.8) is 0 Å². The first-order valence-corrected chi connectivity index (χ1v) is 20.2. The molecule has 2 bridgehead atoms. The Balaban J connectivity index is 1.03. The van der Waals surface area contributed by atoms with Crippen LogP contribution in [0.15, 0.2) is 36.7 Å². The summed E-state index contributed by atoms with van der Waals surface area (Å²) in [5, 5.41) is 2.72. The van der Waals surface area contributed by atoms with Crippen LogP contribution in [0.2, 0.25) is 0 Å². The van der Waals surface area contributed by atoms with Crippen LogP contribution < -0.4 is 5.32 Å². The number of likely N-dealkylation sites (tertiary alicyclic amines) is 2. The van der Waals surface area contributed by atoms with Crippen LogP contribution in [0.4, 0.5) is 4.79 Å². The van der Waals surface area contributed by atoms with Gasteiger partial charge in [-0.25, -0.2) is 14.8 Å². The second-order valence-electron chi connectivity index (χ2n) is 16.1. The minimum Gasteiger partial charge on any atom is -0.453 e. The Kier molecular flexibility index (Phi) is 9.67. The van der Waals surface area contributed by atoms with Gasteiger partial charge < -0.3 is 29.8 Å². The number of nitrogens with zero attached hydrogens (tertiary/aromatic N) is 4. The average Bonchev–Trinajstić information content (AvgIpc) is 3.98. The van der Waals surface area contributed by atoms with Gasteiger partial charge >= 0.3 is 6.09 Å². The number of rotatable bonds is 10. The molecule has 5 atom stereocenters. The van der Waals surface area contributed by atoms with Crippen LogP contribution in [0.3, 0.4) is 0 Å². The van der Waals surface area contributed by atoms with Gasteiger partial charge in [0, 0.05) is 24.4 Å². The maximum absolute atomic E-state index is 13.6. The van der Waals surface area contributed by atoms with Crippen molar-refractivity contribution in [2.24, 2.45) is 11.8 Å². The Hall–Kier alpha value is -4.45. The topological polar surface area (TPSA) is 136 Å². The fraction of sp³-hybridized carbons (Fsp3) is 0.537. The van der Waals surface area contributed by atoms with Crippen molar-refractivity contribution in [1.29, 1.82) is 0 Å². The monoisotopic (exact) mass is 737 g/mol. The van der Waals surface area contributed by atoms with Gasteiger partial charge in [-0.05, 0) is 90.9 Å². The van der Waals surface area contributed by atoms with Crippen LogP contribution in [0.25, 0.3) is 32.3 Å². The summed E-state index contributed by atoms with van der Waals surface area (Å²) < 4.78 is 4.78. The molecule has 3 aromatic heterocycles. The molecule has 5 unspecified atom stereocenters. The highest BCUT2D eigenvalue weighted by molar-refractivity contribution is 7.19. The highest BCUT2D eigenvalue weighted by Crippen LogP contribution is 2.61. The summed E-state index contributed by atoms with van der Waals surface area (Å²) >= 11 is 1.88. The van der Waals surface area contributed by atoms with Gasteiger partial charge in [-0.15, -0.1) is 11.3 Å². The zero-order valence-corrected chi connectivity index (χ0v) is 32.2. The summed E-state index contributed by atoms with van der Waals surface area (Å²) in [6, 6.07) is 7.95. The van der Waals surface area contributed by atoms with E-state index in [9.17, 15) is 14.4 Å². The number of fused-ring (bicyclic) bond motifs is 5. The third-order valence-electron chi connectivity index (χ3n) is 11.8. The number of benzene rings is 1. The molecule has 4 aromatic rings. The van der Waals surface area contributed by atoms with Crippen molar-refractivity contribution in [3.8, 4) is 32.3 Å².